The fourth-order valence-electron chi connectivity index (χ4n) is 1.52. The molecule has 5 heteroatoms. The molecule has 1 heterocycles. The minimum absolute atomic E-state index is 0.146. The van der Waals surface area contributed by atoms with Crippen molar-refractivity contribution in [3.05, 3.63) is 20.8 Å². The predicted molar refractivity (Wildman–Crippen MR) is 74.8 cm³/mol. The van der Waals surface area contributed by atoms with E-state index in [2.05, 4.69) is 34.7 Å². The number of carbonyl (C=O) groups is 1. The van der Waals surface area contributed by atoms with Gasteiger partial charge in [0, 0.05) is 19.2 Å². The maximum Gasteiger partial charge on any atom is 0.186 e. The first kappa shape index (κ1) is 14.8. The summed E-state index contributed by atoms with van der Waals surface area (Å²) >= 11 is 4.82. The highest BCUT2D eigenvalue weighted by Gasteiger charge is 2.16. The van der Waals surface area contributed by atoms with Gasteiger partial charge in [0.1, 0.15) is 0 Å². The van der Waals surface area contributed by atoms with Crippen molar-refractivity contribution in [1.82, 2.24) is 4.90 Å². The topological polar surface area (TPSA) is 40.5 Å². The number of aliphatic hydroxyl groups is 1. The van der Waals surface area contributed by atoms with Crippen LogP contribution >= 0.6 is 27.3 Å². The van der Waals surface area contributed by atoms with Crippen LogP contribution in [-0.4, -0.2) is 41.5 Å². The number of carbonyl (C=O) groups excluding carboxylic acids is 1. The molecule has 0 aliphatic heterocycles. The van der Waals surface area contributed by atoms with Crippen molar-refractivity contribution in [1.29, 1.82) is 0 Å². The van der Waals surface area contributed by atoms with E-state index in [1.54, 1.807) is 0 Å². The Morgan fingerprint density at radius 3 is 2.71 bits per heavy atom. The van der Waals surface area contributed by atoms with Crippen LogP contribution in [-0.2, 0) is 0 Å². The minimum atomic E-state index is 0.146. The molecule has 0 atom stereocenters. The molecular weight excluding hydrogens is 302 g/mol. The Labute approximate surface area is 115 Å². The van der Waals surface area contributed by atoms with Gasteiger partial charge in [-0.15, -0.1) is 11.3 Å². The normalized spacial score (nSPS) is 11.4. The van der Waals surface area contributed by atoms with Gasteiger partial charge in [0.25, 0.3) is 0 Å². The standard InChI is InChI=1S/C12H18BrNO2S/c1-9(2)14(6-3-7-15)8-10(16)11-4-5-12(13)17-11/h4-5,9,15H,3,6-8H2,1-2H3. The third kappa shape index (κ3) is 4.87. The Bertz CT molecular complexity index is 365. The summed E-state index contributed by atoms with van der Waals surface area (Å²) in [6.45, 7) is 5.48. The van der Waals surface area contributed by atoms with Gasteiger partial charge in [-0.1, -0.05) is 0 Å². The summed E-state index contributed by atoms with van der Waals surface area (Å²) in [5.41, 5.74) is 0. The fourth-order valence-corrected chi connectivity index (χ4v) is 2.84. The van der Waals surface area contributed by atoms with Gasteiger partial charge in [0.15, 0.2) is 5.78 Å². The summed E-state index contributed by atoms with van der Waals surface area (Å²) < 4.78 is 0.979. The molecular formula is C12H18BrNO2S. The summed E-state index contributed by atoms with van der Waals surface area (Å²) in [7, 11) is 0. The van der Waals surface area contributed by atoms with Gasteiger partial charge in [-0.3, -0.25) is 9.69 Å². The van der Waals surface area contributed by atoms with Crippen LogP contribution in [0.25, 0.3) is 0 Å². The van der Waals surface area contributed by atoms with Crippen LogP contribution in [0.15, 0.2) is 15.9 Å². The molecule has 0 bridgehead atoms. The highest BCUT2D eigenvalue weighted by Crippen LogP contribution is 2.22. The number of nitrogens with zero attached hydrogens (tertiary/aromatic N) is 1. The number of hydrogen-bond donors (Lipinski definition) is 1. The maximum atomic E-state index is 12.0. The summed E-state index contributed by atoms with van der Waals surface area (Å²) in [5, 5.41) is 8.84. The average Bonchev–Trinajstić information content (AvgIpc) is 2.70. The van der Waals surface area contributed by atoms with Crippen LogP contribution in [0.4, 0.5) is 0 Å². The van der Waals surface area contributed by atoms with E-state index in [0.717, 1.165) is 15.2 Å². The van der Waals surface area contributed by atoms with Gasteiger partial charge in [-0.2, -0.15) is 0 Å². The van der Waals surface area contributed by atoms with Crippen LogP contribution in [0, 0.1) is 0 Å². The van der Waals surface area contributed by atoms with E-state index in [1.165, 1.54) is 11.3 Å². The van der Waals surface area contributed by atoms with Gasteiger partial charge in [-0.25, -0.2) is 0 Å². The van der Waals surface area contributed by atoms with Gasteiger partial charge < -0.3 is 5.11 Å². The first-order chi connectivity index (χ1) is 8.04. The molecule has 1 aromatic rings. The van der Waals surface area contributed by atoms with Crippen molar-refractivity contribution in [3.63, 3.8) is 0 Å². The summed E-state index contributed by atoms with van der Waals surface area (Å²) in [6.07, 6.45) is 0.708. The van der Waals surface area contributed by atoms with Gasteiger partial charge in [0.05, 0.1) is 15.2 Å². The van der Waals surface area contributed by atoms with E-state index < -0.39 is 0 Å². The number of hydrogen-bond acceptors (Lipinski definition) is 4. The third-order valence-corrected chi connectivity index (χ3v) is 4.19. The SMILES string of the molecule is CC(C)N(CCCO)CC(=O)c1ccc(Br)s1. The lowest BCUT2D eigenvalue weighted by atomic mass is 10.2. The largest absolute Gasteiger partial charge is 0.396 e. The Morgan fingerprint density at radius 2 is 2.24 bits per heavy atom. The van der Waals surface area contributed by atoms with Crippen molar-refractivity contribution < 1.29 is 9.90 Å². The monoisotopic (exact) mass is 319 g/mol. The Hall–Kier alpha value is -0.230. The molecule has 1 rings (SSSR count). The van der Waals surface area contributed by atoms with Crippen molar-refractivity contribution in [2.24, 2.45) is 0 Å². The second-order valence-corrected chi connectivity index (χ2v) is 6.63. The Kier molecular flexibility index (Phi) is 6.33. The van der Waals surface area contributed by atoms with E-state index in [1.807, 2.05) is 12.1 Å². The van der Waals surface area contributed by atoms with Crippen molar-refractivity contribution in [2.45, 2.75) is 26.3 Å². The molecule has 0 spiro atoms. The molecule has 17 heavy (non-hydrogen) atoms. The zero-order valence-electron chi connectivity index (χ0n) is 10.1. The predicted octanol–water partition coefficient (Wildman–Crippen LogP) is 2.79. The Morgan fingerprint density at radius 1 is 1.53 bits per heavy atom. The molecule has 0 unspecified atom stereocenters. The smallest absolute Gasteiger partial charge is 0.186 e. The van der Waals surface area contributed by atoms with Crippen LogP contribution in [0.5, 0.6) is 0 Å². The van der Waals surface area contributed by atoms with Crippen LogP contribution in [0.2, 0.25) is 0 Å². The van der Waals surface area contributed by atoms with E-state index in [0.29, 0.717) is 19.0 Å². The number of aliphatic hydroxyl groups excluding tert-OH is 1. The maximum absolute atomic E-state index is 12.0. The molecule has 0 aliphatic rings. The zero-order valence-corrected chi connectivity index (χ0v) is 12.6. The van der Waals surface area contributed by atoms with Crippen molar-refractivity contribution in [2.75, 3.05) is 19.7 Å². The average molecular weight is 320 g/mol. The molecule has 96 valence electrons. The van der Waals surface area contributed by atoms with Crippen molar-refractivity contribution in [3.8, 4) is 0 Å². The second-order valence-electron chi connectivity index (χ2n) is 4.17. The molecule has 0 fully saturated rings. The number of Topliss-reactive ketones (excluding diaryl/α,β-unsaturated/α-hetero) is 1. The molecule has 1 aromatic heterocycles. The van der Waals surface area contributed by atoms with E-state index in [-0.39, 0.29) is 12.4 Å². The van der Waals surface area contributed by atoms with Crippen LogP contribution in [0.3, 0.4) is 0 Å². The van der Waals surface area contributed by atoms with E-state index in [9.17, 15) is 4.79 Å². The van der Waals surface area contributed by atoms with Gasteiger partial charge in [-0.05, 0) is 48.3 Å². The molecule has 0 aromatic carbocycles. The second kappa shape index (κ2) is 7.26. The molecule has 3 nitrogen and oxygen atoms in total. The fraction of sp³-hybridized carbons (Fsp3) is 0.583. The number of thiophene rings is 1. The Balaban J connectivity index is 2.57. The van der Waals surface area contributed by atoms with Crippen LogP contribution < -0.4 is 0 Å². The first-order valence-corrected chi connectivity index (χ1v) is 7.29. The quantitative estimate of drug-likeness (QED) is 0.786. The summed E-state index contributed by atoms with van der Waals surface area (Å²) in [4.78, 5) is 14.9. The number of ketones is 1. The molecule has 0 saturated carbocycles. The lowest BCUT2D eigenvalue weighted by Crippen LogP contribution is -2.36. The molecule has 0 saturated heterocycles. The third-order valence-electron chi connectivity index (χ3n) is 2.53. The first-order valence-electron chi connectivity index (χ1n) is 5.68. The van der Waals surface area contributed by atoms with Gasteiger partial charge in [0.2, 0.25) is 0 Å². The zero-order chi connectivity index (χ0) is 12.8. The highest BCUT2D eigenvalue weighted by atomic mass is 79.9. The van der Waals surface area contributed by atoms with Crippen LogP contribution in [0.1, 0.15) is 29.9 Å². The molecule has 0 amide bonds. The van der Waals surface area contributed by atoms with E-state index >= 15 is 0 Å². The lowest BCUT2D eigenvalue weighted by molar-refractivity contribution is 0.0900. The molecule has 1 N–H and O–H groups in total. The summed E-state index contributed by atoms with van der Waals surface area (Å²) in [6, 6.07) is 4.06. The number of halogens is 1. The summed E-state index contributed by atoms with van der Waals surface area (Å²) in [5.74, 6) is 0.146. The van der Waals surface area contributed by atoms with E-state index in [4.69, 9.17) is 5.11 Å². The highest BCUT2D eigenvalue weighted by molar-refractivity contribution is 9.11. The molecule has 0 radical (unpaired) electrons. The minimum Gasteiger partial charge on any atom is -0.396 e. The molecule has 0 aliphatic carbocycles. The number of rotatable bonds is 7. The van der Waals surface area contributed by atoms with Crippen molar-refractivity contribution >= 4 is 33.0 Å². The lowest BCUT2D eigenvalue weighted by Gasteiger charge is -2.25. The van der Waals surface area contributed by atoms with Gasteiger partial charge >= 0.3 is 0 Å².